The van der Waals surface area contributed by atoms with Crippen LogP contribution < -0.4 is 16.0 Å². The van der Waals surface area contributed by atoms with Crippen molar-refractivity contribution in [2.75, 3.05) is 13.7 Å². The Morgan fingerprint density at radius 3 is 2.52 bits per heavy atom. The van der Waals surface area contributed by atoms with Crippen LogP contribution in [0.1, 0.15) is 17.3 Å². The number of rotatable bonds is 4. The van der Waals surface area contributed by atoms with Crippen LogP contribution in [0.4, 0.5) is 0 Å². The van der Waals surface area contributed by atoms with Crippen molar-refractivity contribution < 1.29 is 14.3 Å². The molecule has 0 N–H and O–H groups in total. The van der Waals surface area contributed by atoms with Crippen molar-refractivity contribution in [2.24, 2.45) is 14.1 Å². The summed E-state index contributed by atoms with van der Waals surface area (Å²) in [5.41, 5.74) is 0.0440. The van der Waals surface area contributed by atoms with Gasteiger partial charge in [0.1, 0.15) is 5.75 Å². The van der Waals surface area contributed by atoms with Crippen LogP contribution in [0.3, 0.4) is 0 Å². The zero-order valence-electron chi connectivity index (χ0n) is 15.5. The fourth-order valence-corrected chi connectivity index (χ4v) is 2.92. The summed E-state index contributed by atoms with van der Waals surface area (Å²) in [6.07, 6.45) is 0. The Morgan fingerprint density at radius 2 is 1.85 bits per heavy atom. The Balaban J connectivity index is 2.48. The molecule has 3 aromatic rings. The third kappa shape index (κ3) is 2.99. The average Bonchev–Trinajstić information content (AvgIpc) is 2.69. The van der Waals surface area contributed by atoms with Gasteiger partial charge < -0.3 is 9.47 Å². The standard InChI is InChI=1S/C19H19N3O5/c1-5-27-18(24)12-10-13(11-8-6-7-9-14(11)26-4)20-16-15(12)17(23)22(3)19(25)21(16)2/h6-10H,5H2,1-4H3. The van der Waals surface area contributed by atoms with Gasteiger partial charge in [0.05, 0.1) is 30.4 Å². The molecule has 0 saturated carbocycles. The number of pyridine rings is 1. The summed E-state index contributed by atoms with van der Waals surface area (Å²) in [5.74, 6) is -0.107. The Labute approximate surface area is 154 Å². The largest absolute Gasteiger partial charge is 0.496 e. The molecule has 8 heteroatoms. The molecule has 0 saturated heterocycles. The minimum absolute atomic E-state index is 0.0386. The molecule has 2 aromatic heterocycles. The molecule has 140 valence electrons. The van der Waals surface area contributed by atoms with Gasteiger partial charge in [0, 0.05) is 19.7 Å². The van der Waals surface area contributed by atoms with Crippen molar-refractivity contribution in [3.05, 3.63) is 56.7 Å². The van der Waals surface area contributed by atoms with Crippen LogP contribution in [0.2, 0.25) is 0 Å². The molecule has 0 aliphatic carbocycles. The van der Waals surface area contributed by atoms with Crippen LogP contribution in [0.5, 0.6) is 5.75 Å². The van der Waals surface area contributed by atoms with Crippen molar-refractivity contribution in [3.63, 3.8) is 0 Å². The van der Waals surface area contributed by atoms with E-state index in [1.54, 1.807) is 31.2 Å². The second-order valence-electron chi connectivity index (χ2n) is 5.88. The van der Waals surface area contributed by atoms with Gasteiger partial charge in [0.15, 0.2) is 5.65 Å². The van der Waals surface area contributed by atoms with Gasteiger partial charge in [-0.15, -0.1) is 0 Å². The molecular formula is C19H19N3O5. The molecule has 0 atom stereocenters. The molecule has 0 radical (unpaired) electrons. The number of benzene rings is 1. The zero-order chi connectivity index (χ0) is 19.7. The van der Waals surface area contributed by atoms with Crippen LogP contribution >= 0.6 is 0 Å². The van der Waals surface area contributed by atoms with Gasteiger partial charge in [-0.05, 0) is 25.1 Å². The first kappa shape index (κ1) is 18.4. The van der Waals surface area contributed by atoms with E-state index in [1.165, 1.54) is 31.8 Å². The van der Waals surface area contributed by atoms with E-state index in [0.29, 0.717) is 17.0 Å². The number of hydrogen-bond donors (Lipinski definition) is 0. The monoisotopic (exact) mass is 369 g/mol. The Bertz CT molecular complexity index is 1160. The van der Waals surface area contributed by atoms with Gasteiger partial charge in [0.2, 0.25) is 0 Å². The summed E-state index contributed by atoms with van der Waals surface area (Å²) in [6, 6.07) is 8.64. The maximum absolute atomic E-state index is 12.7. The summed E-state index contributed by atoms with van der Waals surface area (Å²) >= 11 is 0. The van der Waals surface area contributed by atoms with Gasteiger partial charge in [-0.25, -0.2) is 14.6 Å². The second-order valence-corrected chi connectivity index (χ2v) is 5.88. The van der Waals surface area contributed by atoms with Gasteiger partial charge in [-0.2, -0.15) is 0 Å². The number of methoxy groups -OCH3 is 1. The lowest BCUT2D eigenvalue weighted by Crippen LogP contribution is -2.38. The smallest absolute Gasteiger partial charge is 0.339 e. The first-order chi connectivity index (χ1) is 12.9. The lowest BCUT2D eigenvalue weighted by molar-refractivity contribution is 0.0528. The number of para-hydroxylation sites is 1. The van der Waals surface area contributed by atoms with Crippen molar-refractivity contribution in [2.45, 2.75) is 6.92 Å². The highest BCUT2D eigenvalue weighted by Gasteiger charge is 2.22. The summed E-state index contributed by atoms with van der Waals surface area (Å²) in [4.78, 5) is 42.0. The Morgan fingerprint density at radius 1 is 1.15 bits per heavy atom. The highest BCUT2D eigenvalue weighted by atomic mass is 16.5. The molecule has 1 aromatic carbocycles. The van der Waals surface area contributed by atoms with Crippen molar-refractivity contribution in [3.8, 4) is 17.0 Å². The van der Waals surface area contributed by atoms with E-state index >= 15 is 0 Å². The highest BCUT2D eigenvalue weighted by Crippen LogP contribution is 2.30. The van der Waals surface area contributed by atoms with Crippen LogP contribution in [-0.4, -0.2) is 33.8 Å². The number of esters is 1. The fourth-order valence-electron chi connectivity index (χ4n) is 2.92. The van der Waals surface area contributed by atoms with Crippen LogP contribution in [-0.2, 0) is 18.8 Å². The lowest BCUT2D eigenvalue weighted by atomic mass is 10.1. The highest BCUT2D eigenvalue weighted by molar-refractivity contribution is 6.03. The van der Waals surface area contributed by atoms with Crippen LogP contribution in [0, 0.1) is 0 Å². The number of hydrogen-bond acceptors (Lipinski definition) is 6. The molecule has 0 aliphatic rings. The molecule has 0 fully saturated rings. The summed E-state index contributed by atoms with van der Waals surface area (Å²) in [7, 11) is 4.38. The summed E-state index contributed by atoms with van der Waals surface area (Å²) in [5, 5.41) is 0.0386. The Kier molecular flexibility index (Phi) is 4.81. The number of fused-ring (bicyclic) bond motifs is 1. The van der Waals surface area contributed by atoms with E-state index in [1.807, 2.05) is 0 Å². The van der Waals surface area contributed by atoms with Crippen molar-refractivity contribution in [1.29, 1.82) is 0 Å². The number of aromatic nitrogens is 3. The molecule has 0 bridgehead atoms. The number of aryl methyl sites for hydroxylation is 1. The van der Waals surface area contributed by atoms with Crippen LogP contribution in [0.25, 0.3) is 22.3 Å². The predicted octanol–water partition coefficient (Wildman–Crippen LogP) is 1.48. The van der Waals surface area contributed by atoms with E-state index in [2.05, 4.69) is 4.98 Å². The SMILES string of the molecule is CCOC(=O)c1cc(-c2ccccc2OC)nc2c1c(=O)n(C)c(=O)n2C. The molecule has 0 amide bonds. The molecule has 0 unspecified atom stereocenters. The van der Waals surface area contributed by atoms with E-state index in [4.69, 9.17) is 9.47 Å². The lowest BCUT2D eigenvalue weighted by Gasteiger charge is -2.13. The zero-order valence-corrected chi connectivity index (χ0v) is 15.5. The van der Waals surface area contributed by atoms with E-state index in [9.17, 15) is 14.4 Å². The van der Waals surface area contributed by atoms with E-state index in [-0.39, 0.29) is 23.2 Å². The summed E-state index contributed by atoms with van der Waals surface area (Å²) < 4.78 is 12.7. The average molecular weight is 369 g/mol. The van der Waals surface area contributed by atoms with E-state index < -0.39 is 17.2 Å². The normalized spacial score (nSPS) is 10.8. The first-order valence-corrected chi connectivity index (χ1v) is 8.32. The quantitative estimate of drug-likeness (QED) is 0.647. The van der Waals surface area contributed by atoms with Crippen LogP contribution in [0.15, 0.2) is 39.9 Å². The number of ether oxygens (including phenoxy) is 2. The van der Waals surface area contributed by atoms with E-state index in [0.717, 1.165) is 4.57 Å². The van der Waals surface area contributed by atoms with Crippen molar-refractivity contribution >= 4 is 17.0 Å². The number of nitrogens with zero attached hydrogens (tertiary/aromatic N) is 3. The molecule has 2 heterocycles. The van der Waals surface area contributed by atoms with Gasteiger partial charge >= 0.3 is 11.7 Å². The Hall–Kier alpha value is -3.42. The molecular weight excluding hydrogens is 350 g/mol. The fraction of sp³-hybridized carbons (Fsp3) is 0.263. The molecule has 3 rings (SSSR count). The molecule has 0 aliphatic heterocycles. The second kappa shape index (κ2) is 7.06. The maximum Gasteiger partial charge on any atom is 0.339 e. The molecule has 27 heavy (non-hydrogen) atoms. The van der Waals surface area contributed by atoms with Gasteiger partial charge in [-0.1, -0.05) is 12.1 Å². The summed E-state index contributed by atoms with van der Waals surface area (Å²) in [6.45, 7) is 1.83. The molecule has 8 nitrogen and oxygen atoms in total. The molecule has 0 spiro atoms. The topological polar surface area (TPSA) is 92.4 Å². The maximum atomic E-state index is 12.7. The van der Waals surface area contributed by atoms with Gasteiger partial charge in [-0.3, -0.25) is 13.9 Å². The van der Waals surface area contributed by atoms with Crippen molar-refractivity contribution in [1.82, 2.24) is 14.1 Å². The number of carbonyl (C=O) groups is 1. The third-order valence-corrected chi connectivity index (χ3v) is 4.29. The first-order valence-electron chi connectivity index (χ1n) is 8.32. The minimum Gasteiger partial charge on any atom is -0.496 e. The number of carbonyl (C=O) groups excluding carboxylic acids is 1. The predicted molar refractivity (Wildman–Crippen MR) is 100 cm³/mol. The third-order valence-electron chi connectivity index (χ3n) is 4.29. The van der Waals surface area contributed by atoms with Gasteiger partial charge in [0.25, 0.3) is 5.56 Å². The minimum atomic E-state index is -0.656.